The Morgan fingerprint density at radius 1 is 1.17 bits per heavy atom. The van der Waals surface area contributed by atoms with Gasteiger partial charge in [0, 0.05) is 30.8 Å². The van der Waals surface area contributed by atoms with Gasteiger partial charge in [-0.15, -0.1) is 0 Å². The maximum absolute atomic E-state index is 12.3. The Kier molecular flexibility index (Phi) is 6.12. The van der Waals surface area contributed by atoms with Crippen LogP contribution in [0.3, 0.4) is 0 Å². The molecule has 1 aliphatic rings. The number of pyridine rings is 1. The number of hydrogen-bond donors (Lipinski definition) is 0. The summed E-state index contributed by atoms with van der Waals surface area (Å²) in [5.41, 5.74) is 4.55. The van der Waals surface area contributed by atoms with Gasteiger partial charge in [0.2, 0.25) is 0 Å². The number of carbonyl (C=O) groups excluding carboxylic acids is 1. The van der Waals surface area contributed by atoms with Gasteiger partial charge in [-0.25, -0.2) is 4.98 Å². The highest BCUT2D eigenvalue weighted by molar-refractivity contribution is 7.99. The maximum atomic E-state index is 12.3. The van der Waals surface area contributed by atoms with Crippen molar-refractivity contribution in [1.82, 2.24) is 9.88 Å². The third-order valence-electron chi connectivity index (χ3n) is 4.98. The van der Waals surface area contributed by atoms with E-state index in [0.29, 0.717) is 16.3 Å². The van der Waals surface area contributed by atoms with Crippen molar-refractivity contribution in [2.45, 2.75) is 18.0 Å². The molecule has 0 unspecified atom stereocenters. The maximum Gasteiger partial charge on any atom is 0.321 e. The molecule has 4 rings (SSSR count). The van der Waals surface area contributed by atoms with Crippen LogP contribution in [0.4, 0.5) is 0 Å². The predicted octanol–water partition coefficient (Wildman–Crippen LogP) is 4.31. The smallest absolute Gasteiger partial charge is 0.321 e. The number of fused-ring (bicyclic) bond motifs is 1. The van der Waals surface area contributed by atoms with Crippen molar-refractivity contribution in [2.24, 2.45) is 0 Å². The van der Waals surface area contributed by atoms with Gasteiger partial charge in [0.25, 0.3) is 0 Å². The summed E-state index contributed by atoms with van der Waals surface area (Å²) in [6, 6.07) is 21.3. The summed E-state index contributed by atoms with van der Waals surface area (Å²) in [5.74, 6) is 0.231. The summed E-state index contributed by atoms with van der Waals surface area (Å²) >= 11 is 1.26. The zero-order valence-corrected chi connectivity index (χ0v) is 17.5. The molecule has 150 valence electrons. The second-order valence-electron chi connectivity index (χ2n) is 7.13. The summed E-state index contributed by atoms with van der Waals surface area (Å²) in [7, 11) is 2.08. The quantitative estimate of drug-likeness (QED) is 0.352. The van der Waals surface area contributed by atoms with E-state index in [-0.39, 0.29) is 11.7 Å². The summed E-state index contributed by atoms with van der Waals surface area (Å²) < 4.78 is 5.37. The molecule has 0 fully saturated rings. The molecule has 5 nitrogen and oxygen atoms in total. The van der Waals surface area contributed by atoms with Crippen molar-refractivity contribution < 1.29 is 9.53 Å². The van der Waals surface area contributed by atoms with E-state index in [4.69, 9.17) is 9.72 Å². The minimum absolute atomic E-state index is 0.0868. The van der Waals surface area contributed by atoms with Crippen LogP contribution >= 0.6 is 11.8 Å². The Hall–Kier alpha value is -3.14. The number of para-hydroxylation sites is 1. The molecular weight excluding hydrogens is 394 g/mol. The summed E-state index contributed by atoms with van der Waals surface area (Å²) in [6.45, 7) is 1.67. The van der Waals surface area contributed by atoms with Crippen molar-refractivity contribution in [3.8, 4) is 22.9 Å². The molecule has 0 atom stereocenters. The predicted molar refractivity (Wildman–Crippen MR) is 117 cm³/mol. The van der Waals surface area contributed by atoms with Gasteiger partial charge in [-0.2, -0.15) is 5.26 Å². The highest BCUT2D eigenvalue weighted by atomic mass is 32.2. The number of nitriles is 1. The monoisotopic (exact) mass is 415 g/mol. The van der Waals surface area contributed by atoms with E-state index in [9.17, 15) is 10.1 Å². The Labute approximate surface area is 180 Å². The number of likely N-dealkylation sites (N-methyl/N-ethyl adjacent to an activating group) is 1. The molecule has 0 radical (unpaired) electrons. The van der Waals surface area contributed by atoms with E-state index >= 15 is 0 Å². The van der Waals surface area contributed by atoms with Gasteiger partial charge in [0.05, 0.1) is 11.3 Å². The number of benzene rings is 2. The van der Waals surface area contributed by atoms with Gasteiger partial charge in [-0.3, -0.25) is 4.79 Å². The van der Waals surface area contributed by atoms with Crippen LogP contribution in [-0.2, 0) is 17.8 Å². The number of esters is 1. The van der Waals surface area contributed by atoms with E-state index in [1.807, 2.05) is 48.5 Å². The summed E-state index contributed by atoms with van der Waals surface area (Å²) in [4.78, 5) is 19.3. The number of aromatic nitrogens is 1. The zero-order valence-electron chi connectivity index (χ0n) is 16.7. The lowest BCUT2D eigenvalue weighted by atomic mass is 9.92. The van der Waals surface area contributed by atoms with Crippen LogP contribution in [0.2, 0.25) is 0 Å². The standard InChI is InChI=1S/C24H21N3O2S/c1-27-13-12-21-20(15-27)23(17-8-4-2-5-9-17)19(14-25)24(26-21)30-16-22(28)29-18-10-6-3-7-11-18/h2-11H,12-13,15-16H2,1H3. The summed E-state index contributed by atoms with van der Waals surface area (Å²) in [6.07, 6.45) is 0.819. The van der Waals surface area contributed by atoms with Crippen LogP contribution in [0.5, 0.6) is 5.75 Å². The van der Waals surface area contributed by atoms with Crippen molar-refractivity contribution >= 4 is 17.7 Å². The fourth-order valence-corrected chi connectivity index (χ4v) is 4.36. The largest absolute Gasteiger partial charge is 0.426 e. The van der Waals surface area contributed by atoms with Gasteiger partial charge in [-0.1, -0.05) is 60.3 Å². The summed E-state index contributed by atoms with van der Waals surface area (Å²) in [5, 5.41) is 10.6. The fourth-order valence-electron chi connectivity index (χ4n) is 3.58. The second-order valence-corrected chi connectivity index (χ2v) is 8.10. The third kappa shape index (κ3) is 4.38. The van der Waals surface area contributed by atoms with Crippen molar-refractivity contribution in [3.63, 3.8) is 0 Å². The highest BCUT2D eigenvalue weighted by Gasteiger charge is 2.25. The molecule has 0 bridgehead atoms. The molecule has 30 heavy (non-hydrogen) atoms. The van der Waals surface area contributed by atoms with Gasteiger partial charge in [-0.05, 0) is 30.3 Å². The minimum atomic E-state index is -0.365. The van der Waals surface area contributed by atoms with Crippen molar-refractivity contribution in [3.05, 3.63) is 77.5 Å². The van der Waals surface area contributed by atoms with Gasteiger partial charge in [0.1, 0.15) is 16.8 Å². The lowest BCUT2D eigenvalue weighted by molar-refractivity contribution is -0.131. The molecule has 1 aliphatic heterocycles. The average Bonchev–Trinajstić information content (AvgIpc) is 2.78. The SMILES string of the molecule is CN1CCc2nc(SCC(=O)Oc3ccccc3)c(C#N)c(-c3ccccc3)c2C1. The average molecular weight is 416 g/mol. The molecule has 2 aromatic carbocycles. The van der Waals surface area contributed by atoms with E-state index < -0.39 is 0 Å². The Bertz CT molecular complexity index is 1090. The first kappa shape index (κ1) is 20.1. The first-order chi connectivity index (χ1) is 14.7. The molecule has 0 spiro atoms. The van der Waals surface area contributed by atoms with Crippen LogP contribution in [0.1, 0.15) is 16.8 Å². The normalized spacial score (nSPS) is 13.3. The molecule has 3 aromatic rings. The molecule has 0 saturated carbocycles. The third-order valence-corrected chi connectivity index (χ3v) is 5.93. The van der Waals surface area contributed by atoms with E-state index in [1.165, 1.54) is 11.8 Å². The zero-order chi connectivity index (χ0) is 20.9. The Morgan fingerprint density at radius 3 is 2.57 bits per heavy atom. The first-order valence-corrected chi connectivity index (χ1v) is 10.7. The lowest BCUT2D eigenvalue weighted by Crippen LogP contribution is -2.28. The molecular formula is C24H21N3O2S. The van der Waals surface area contributed by atoms with Crippen molar-refractivity contribution in [1.29, 1.82) is 5.26 Å². The van der Waals surface area contributed by atoms with E-state index in [1.54, 1.807) is 12.1 Å². The number of hydrogen-bond acceptors (Lipinski definition) is 6. The van der Waals surface area contributed by atoms with Crippen LogP contribution < -0.4 is 4.74 Å². The van der Waals surface area contributed by atoms with Gasteiger partial charge < -0.3 is 9.64 Å². The number of rotatable bonds is 5. The van der Waals surface area contributed by atoms with Crippen LogP contribution in [-0.4, -0.2) is 35.2 Å². The Morgan fingerprint density at radius 2 is 1.87 bits per heavy atom. The molecule has 0 saturated heterocycles. The van der Waals surface area contributed by atoms with E-state index in [0.717, 1.165) is 41.9 Å². The molecule has 6 heteroatoms. The molecule has 0 N–H and O–H groups in total. The van der Waals surface area contributed by atoms with Crippen LogP contribution in [0, 0.1) is 11.3 Å². The van der Waals surface area contributed by atoms with E-state index in [2.05, 4.69) is 18.0 Å². The number of ether oxygens (including phenoxy) is 1. The molecule has 2 heterocycles. The Balaban J connectivity index is 1.67. The number of thioether (sulfide) groups is 1. The van der Waals surface area contributed by atoms with Crippen LogP contribution in [0.25, 0.3) is 11.1 Å². The van der Waals surface area contributed by atoms with Crippen LogP contribution in [0.15, 0.2) is 65.7 Å². The fraction of sp³-hybridized carbons (Fsp3) is 0.208. The van der Waals surface area contributed by atoms with Crippen molar-refractivity contribution in [2.75, 3.05) is 19.3 Å². The first-order valence-electron chi connectivity index (χ1n) is 9.74. The van der Waals surface area contributed by atoms with Gasteiger partial charge >= 0.3 is 5.97 Å². The molecule has 0 aliphatic carbocycles. The topological polar surface area (TPSA) is 66.2 Å². The molecule has 1 aromatic heterocycles. The van der Waals surface area contributed by atoms with Gasteiger partial charge in [0.15, 0.2) is 0 Å². The minimum Gasteiger partial charge on any atom is -0.426 e. The number of carbonyl (C=O) groups is 1. The second kappa shape index (κ2) is 9.12. The number of nitrogens with zero attached hydrogens (tertiary/aromatic N) is 3. The molecule has 0 amide bonds. The lowest BCUT2D eigenvalue weighted by Gasteiger charge is -2.28. The highest BCUT2D eigenvalue weighted by Crippen LogP contribution is 2.37.